The molecule has 0 radical (unpaired) electrons. The number of hydrogen-bond acceptors (Lipinski definition) is 4. The Morgan fingerprint density at radius 1 is 1.39 bits per heavy atom. The highest BCUT2D eigenvalue weighted by Crippen LogP contribution is 2.16. The maximum absolute atomic E-state index is 9.58. The average molecular weight is 245 g/mol. The third-order valence-corrected chi connectivity index (χ3v) is 3.16. The van der Waals surface area contributed by atoms with Gasteiger partial charge in [0, 0.05) is 19.4 Å². The van der Waals surface area contributed by atoms with Gasteiger partial charge in [-0.2, -0.15) is 5.10 Å². The summed E-state index contributed by atoms with van der Waals surface area (Å²) in [7, 11) is 0. The van der Waals surface area contributed by atoms with E-state index in [4.69, 9.17) is 0 Å². The Labute approximate surface area is 105 Å². The molecule has 0 bridgehead atoms. The molecular formula is C13H15N3O2. The summed E-state index contributed by atoms with van der Waals surface area (Å²) in [4.78, 5) is 4.44. The lowest BCUT2D eigenvalue weighted by molar-refractivity contribution is 0.138. The van der Waals surface area contributed by atoms with Crippen LogP contribution in [0.2, 0.25) is 0 Å². The van der Waals surface area contributed by atoms with Gasteiger partial charge in [-0.05, 0) is 24.1 Å². The van der Waals surface area contributed by atoms with E-state index in [2.05, 4.69) is 10.1 Å². The van der Waals surface area contributed by atoms with E-state index in [1.807, 2.05) is 16.8 Å². The number of aromatic nitrogens is 3. The maximum atomic E-state index is 9.58. The van der Waals surface area contributed by atoms with Crippen LogP contribution < -0.4 is 0 Å². The molecule has 0 fully saturated rings. The second kappa shape index (κ2) is 4.42. The molecule has 0 spiro atoms. The zero-order valence-corrected chi connectivity index (χ0v) is 9.95. The predicted molar refractivity (Wildman–Crippen MR) is 65.3 cm³/mol. The zero-order valence-electron chi connectivity index (χ0n) is 9.95. The van der Waals surface area contributed by atoms with Crippen LogP contribution in [0.25, 0.3) is 0 Å². The minimum absolute atomic E-state index is 0.256. The van der Waals surface area contributed by atoms with Gasteiger partial charge in [-0.3, -0.25) is 0 Å². The molecule has 0 saturated carbocycles. The number of aliphatic hydroxyl groups is 1. The van der Waals surface area contributed by atoms with Crippen molar-refractivity contribution in [2.24, 2.45) is 0 Å². The molecule has 2 aromatic rings. The second-order valence-electron chi connectivity index (χ2n) is 4.66. The fourth-order valence-electron chi connectivity index (χ4n) is 2.26. The van der Waals surface area contributed by atoms with E-state index >= 15 is 0 Å². The Morgan fingerprint density at radius 3 is 3.11 bits per heavy atom. The van der Waals surface area contributed by atoms with Crippen molar-refractivity contribution in [3.63, 3.8) is 0 Å². The van der Waals surface area contributed by atoms with Gasteiger partial charge >= 0.3 is 0 Å². The van der Waals surface area contributed by atoms with Crippen LogP contribution in [0.4, 0.5) is 0 Å². The highest BCUT2D eigenvalue weighted by Gasteiger charge is 2.19. The Hall–Kier alpha value is -1.88. The van der Waals surface area contributed by atoms with Gasteiger partial charge in [-0.15, -0.1) is 0 Å². The Kier molecular flexibility index (Phi) is 2.76. The van der Waals surface area contributed by atoms with Gasteiger partial charge in [0.25, 0.3) is 0 Å². The number of benzene rings is 1. The molecule has 1 atom stereocenters. The van der Waals surface area contributed by atoms with E-state index < -0.39 is 0 Å². The minimum atomic E-state index is -0.296. The molecule has 0 aliphatic carbocycles. The van der Waals surface area contributed by atoms with Crippen molar-refractivity contribution < 1.29 is 10.2 Å². The van der Waals surface area contributed by atoms with Crippen LogP contribution in [0.15, 0.2) is 24.3 Å². The number of fused-ring (bicyclic) bond motifs is 1. The highest BCUT2D eigenvalue weighted by atomic mass is 16.3. The first-order chi connectivity index (χ1) is 8.70. The molecule has 18 heavy (non-hydrogen) atoms. The van der Waals surface area contributed by atoms with Crippen LogP contribution >= 0.6 is 0 Å². The normalized spacial score (nSPS) is 18.6. The van der Waals surface area contributed by atoms with Crippen molar-refractivity contribution in [2.75, 3.05) is 0 Å². The number of aliphatic hydroxyl groups excluding tert-OH is 1. The molecule has 1 aliphatic rings. The highest BCUT2D eigenvalue weighted by molar-refractivity contribution is 5.29. The number of rotatable bonds is 2. The van der Waals surface area contributed by atoms with E-state index in [0.717, 1.165) is 30.2 Å². The fraction of sp³-hybridized carbons (Fsp3) is 0.385. The molecular weight excluding hydrogens is 230 g/mol. The average Bonchev–Trinajstić information content (AvgIpc) is 2.70. The van der Waals surface area contributed by atoms with Crippen LogP contribution in [0, 0.1) is 0 Å². The molecule has 5 nitrogen and oxygen atoms in total. The van der Waals surface area contributed by atoms with Gasteiger partial charge in [-0.25, -0.2) is 9.67 Å². The van der Waals surface area contributed by atoms with Crippen molar-refractivity contribution in [1.29, 1.82) is 0 Å². The van der Waals surface area contributed by atoms with Crippen LogP contribution in [0.5, 0.6) is 5.75 Å². The molecule has 2 N–H and O–H groups in total. The first kappa shape index (κ1) is 11.2. The molecule has 1 aliphatic heterocycles. The summed E-state index contributed by atoms with van der Waals surface area (Å²) in [5, 5.41) is 23.4. The van der Waals surface area contributed by atoms with Gasteiger partial charge in [0.05, 0.1) is 6.10 Å². The number of nitrogens with zero attached hydrogens (tertiary/aromatic N) is 3. The van der Waals surface area contributed by atoms with Crippen LogP contribution in [0.1, 0.15) is 23.6 Å². The molecule has 3 rings (SSSR count). The molecule has 1 unspecified atom stereocenters. The lowest BCUT2D eigenvalue weighted by atomic mass is 10.1. The van der Waals surface area contributed by atoms with Crippen molar-refractivity contribution in [2.45, 2.75) is 31.9 Å². The lowest BCUT2D eigenvalue weighted by Crippen LogP contribution is -2.23. The van der Waals surface area contributed by atoms with E-state index in [-0.39, 0.29) is 11.9 Å². The van der Waals surface area contributed by atoms with Gasteiger partial charge in [-0.1, -0.05) is 12.1 Å². The zero-order chi connectivity index (χ0) is 12.5. The van der Waals surface area contributed by atoms with Gasteiger partial charge in [0.15, 0.2) is 5.82 Å². The van der Waals surface area contributed by atoms with E-state index in [1.165, 1.54) is 0 Å². The number of phenols is 1. The Morgan fingerprint density at radius 2 is 2.28 bits per heavy atom. The predicted octanol–water partition coefficient (Wildman–Crippen LogP) is 0.882. The van der Waals surface area contributed by atoms with E-state index in [9.17, 15) is 10.2 Å². The number of hydrogen-bond donors (Lipinski definition) is 2. The van der Waals surface area contributed by atoms with Gasteiger partial charge < -0.3 is 10.2 Å². The number of aromatic hydroxyl groups is 1. The SMILES string of the molecule is Oc1cccc(Cc2nc3n(n2)CCC(O)C3)c1. The van der Waals surface area contributed by atoms with Crippen LogP contribution in [-0.2, 0) is 19.4 Å². The smallest absolute Gasteiger partial charge is 0.155 e. The third-order valence-electron chi connectivity index (χ3n) is 3.16. The fourth-order valence-corrected chi connectivity index (χ4v) is 2.26. The van der Waals surface area contributed by atoms with Crippen LogP contribution in [-0.4, -0.2) is 31.1 Å². The number of phenolic OH excluding ortho intramolecular Hbond substituents is 1. The largest absolute Gasteiger partial charge is 0.508 e. The van der Waals surface area contributed by atoms with Crippen LogP contribution in [0.3, 0.4) is 0 Å². The second-order valence-corrected chi connectivity index (χ2v) is 4.66. The summed E-state index contributed by atoms with van der Waals surface area (Å²) in [6.07, 6.45) is 1.62. The summed E-state index contributed by atoms with van der Waals surface area (Å²) >= 11 is 0. The minimum Gasteiger partial charge on any atom is -0.508 e. The Balaban J connectivity index is 1.82. The topological polar surface area (TPSA) is 71.2 Å². The first-order valence-electron chi connectivity index (χ1n) is 6.09. The molecule has 1 aromatic carbocycles. The summed E-state index contributed by atoms with van der Waals surface area (Å²) < 4.78 is 1.87. The van der Waals surface area contributed by atoms with Gasteiger partial charge in [0.1, 0.15) is 11.6 Å². The summed E-state index contributed by atoms with van der Waals surface area (Å²) in [5.41, 5.74) is 0.985. The van der Waals surface area contributed by atoms with E-state index in [0.29, 0.717) is 12.8 Å². The summed E-state index contributed by atoms with van der Waals surface area (Å²) in [5.74, 6) is 1.85. The molecule has 5 heteroatoms. The molecule has 2 heterocycles. The standard InChI is InChI=1S/C13H15N3O2/c17-10-3-1-2-9(6-10)7-12-14-13-8-11(18)4-5-16(13)15-12/h1-3,6,11,17-18H,4-5,7-8H2. The van der Waals surface area contributed by atoms with Crippen molar-refractivity contribution in [3.8, 4) is 5.75 Å². The molecule has 94 valence electrons. The van der Waals surface area contributed by atoms with Crippen molar-refractivity contribution in [3.05, 3.63) is 41.5 Å². The molecule has 0 amide bonds. The maximum Gasteiger partial charge on any atom is 0.155 e. The summed E-state index contributed by atoms with van der Waals surface area (Å²) in [6.45, 7) is 0.726. The lowest BCUT2D eigenvalue weighted by Gasteiger charge is -2.16. The molecule has 0 saturated heterocycles. The van der Waals surface area contributed by atoms with Crippen molar-refractivity contribution >= 4 is 0 Å². The Bertz CT molecular complexity index is 565. The third kappa shape index (κ3) is 2.22. The quantitative estimate of drug-likeness (QED) is 0.824. The van der Waals surface area contributed by atoms with Crippen molar-refractivity contribution in [1.82, 2.24) is 14.8 Å². The monoisotopic (exact) mass is 245 g/mol. The molecule has 1 aromatic heterocycles. The van der Waals surface area contributed by atoms with Gasteiger partial charge in [0.2, 0.25) is 0 Å². The number of aryl methyl sites for hydroxylation is 1. The first-order valence-corrected chi connectivity index (χ1v) is 6.09. The van der Waals surface area contributed by atoms with E-state index in [1.54, 1.807) is 12.1 Å². The summed E-state index contributed by atoms with van der Waals surface area (Å²) in [6, 6.07) is 7.11.